The first kappa shape index (κ1) is 19.6. The van der Waals surface area contributed by atoms with Crippen molar-refractivity contribution in [1.82, 2.24) is 9.80 Å². The van der Waals surface area contributed by atoms with Gasteiger partial charge in [0.15, 0.2) is 0 Å². The van der Waals surface area contributed by atoms with Crippen LogP contribution in [-0.4, -0.2) is 59.6 Å². The molecule has 0 saturated carbocycles. The lowest BCUT2D eigenvalue weighted by Crippen LogP contribution is -2.52. The molecule has 1 aliphatic rings. The van der Waals surface area contributed by atoms with Gasteiger partial charge in [0.1, 0.15) is 5.60 Å². The van der Waals surface area contributed by atoms with Crippen LogP contribution >= 0.6 is 0 Å². The van der Waals surface area contributed by atoms with Crippen molar-refractivity contribution in [1.29, 1.82) is 0 Å². The second-order valence-electron chi connectivity index (χ2n) is 7.15. The summed E-state index contributed by atoms with van der Waals surface area (Å²) in [5, 5.41) is 5.48. The van der Waals surface area contributed by atoms with Crippen LogP contribution in [0.15, 0.2) is 24.3 Å². The molecule has 1 aliphatic heterocycles. The maximum Gasteiger partial charge on any atom is 0.410 e. The summed E-state index contributed by atoms with van der Waals surface area (Å²) in [4.78, 5) is 38.8. The van der Waals surface area contributed by atoms with Crippen LogP contribution in [0.4, 0.5) is 21.0 Å². The predicted molar refractivity (Wildman–Crippen MR) is 99.1 cm³/mol. The van der Waals surface area contributed by atoms with Gasteiger partial charge in [-0.15, -0.1) is 0 Å². The number of anilines is 2. The van der Waals surface area contributed by atoms with E-state index in [-0.39, 0.29) is 18.0 Å². The first-order valence-corrected chi connectivity index (χ1v) is 8.55. The molecule has 26 heavy (non-hydrogen) atoms. The Balaban J connectivity index is 1.87. The number of rotatable bonds is 2. The van der Waals surface area contributed by atoms with Gasteiger partial charge in [-0.2, -0.15) is 0 Å². The van der Waals surface area contributed by atoms with Crippen molar-refractivity contribution in [3.63, 3.8) is 0 Å². The Labute approximate surface area is 153 Å². The molecule has 0 atom stereocenters. The van der Waals surface area contributed by atoms with Crippen molar-refractivity contribution in [2.45, 2.75) is 33.3 Å². The predicted octanol–water partition coefficient (Wildman–Crippen LogP) is 2.73. The van der Waals surface area contributed by atoms with Crippen LogP contribution in [0.1, 0.15) is 27.7 Å². The molecule has 8 heteroatoms. The number of nitrogens with zero attached hydrogens (tertiary/aromatic N) is 2. The van der Waals surface area contributed by atoms with Crippen molar-refractivity contribution in [3.05, 3.63) is 24.3 Å². The summed E-state index contributed by atoms with van der Waals surface area (Å²) in [5.41, 5.74) is 0.672. The maximum absolute atomic E-state index is 12.4. The van der Waals surface area contributed by atoms with Gasteiger partial charge in [0.2, 0.25) is 5.91 Å². The van der Waals surface area contributed by atoms with E-state index in [9.17, 15) is 14.4 Å². The zero-order valence-corrected chi connectivity index (χ0v) is 15.7. The molecule has 1 heterocycles. The van der Waals surface area contributed by atoms with Crippen molar-refractivity contribution in [2.75, 3.05) is 36.8 Å². The van der Waals surface area contributed by atoms with Gasteiger partial charge in [-0.3, -0.25) is 4.79 Å². The molecule has 4 amide bonds. The number of carbonyl (C=O) groups is 3. The largest absolute Gasteiger partial charge is 0.444 e. The van der Waals surface area contributed by atoms with E-state index in [1.807, 2.05) is 20.8 Å². The van der Waals surface area contributed by atoms with Crippen molar-refractivity contribution in [3.8, 4) is 0 Å². The second-order valence-corrected chi connectivity index (χ2v) is 7.15. The van der Waals surface area contributed by atoms with Gasteiger partial charge in [-0.1, -0.05) is 6.07 Å². The van der Waals surface area contributed by atoms with Crippen LogP contribution in [0, 0.1) is 0 Å². The SMILES string of the molecule is CC(=O)Nc1cccc(NC(=O)N2CCN(C(=O)OC(C)(C)C)CC2)c1. The summed E-state index contributed by atoms with van der Waals surface area (Å²) < 4.78 is 5.35. The fourth-order valence-corrected chi connectivity index (χ4v) is 2.50. The zero-order chi connectivity index (χ0) is 19.3. The van der Waals surface area contributed by atoms with E-state index in [1.165, 1.54) is 6.92 Å². The molecule has 2 N–H and O–H groups in total. The van der Waals surface area contributed by atoms with E-state index in [0.717, 1.165) is 0 Å². The van der Waals surface area contributed by atoms with Gasteiger partial charge in [0.25, 0.3) is 0 Å². The Morgan fingerprint density at radius 2 is 1.50 bits per heavy atom. The molecule has 1 aromatic carbocycles. The monoisotopic (exact) mass is 362 g/mol. The standard InChI is InChI=1S/C18H26N4O4/c1-13(23)19-14-6-5-7-15(12-14)20-16(24)21-8-10-22(11-9-21)17(25)26-18(2,3)4/h5-7,12H,8-11H2,1-4H3,(H,19,23)(H,20,24). The first-order chi connectivity index (χ1) is 12.1. The number of benzene rings is 1. The normalized spacial score (nSPS) is 14.6. The van der Waals surface area contributed by atoms with Gasteiger partial charge in [0.05, 0.1) is 0 Å². The zero-order valence-electron chi connectivity index (χ0n) is 15.7. The molecule has 142 valence electrons. The summed E-state index contributed by atoms with van der Waals surface area (Å²) in [7, 11) is 0. The minimum atomic E-state index is -0.537. The number of amides is 4. The Morgan fingerprint density at radius 1 is 0.962 bits per heavy atom. The number of carbonyl (C=O) groups excluding carboxylic acids is 3. The average molecular weight is 362 g/mol. The Morgan fingerprint density at radius 3 is 2.04 bits per heavy atom. The highest BCUT2D eigenvalue weighted by atomic mass is 16.6. The molecule has 0 unspecified atom stereocenters. The van der Waals surface area contributed by atoms with Gasteiger partial charge in [-0.05, 0) is 39.0 Å². The van der Waals surface area contributed by atoms with Crippen molar-refractivity contribution >= 4 is 29.4 Å². The Hall–Kier alpha value is -2.77. The third-order valence-corrected chi connectivity index (χ3v) is 3.65. The molecule has 1 aromatic rings. The average Bonchev–Trinajstić information content (AvgIpc) is 2.53. The van der Waals surface area contributed by atoms with Crippen LogP contribution in [-0.2, 0) is 9.53 Å². The van der Waals surface area contributed by atoms with E-state index >= 15 is 0 Å². The highest BCUT2D eigenvalue weighted by Crippen LogP contribution is 2.16. The number of nitrogens with one attached hydrogen (secondary N) is 2. The summed E-state index contributed by atoms with van der Waals surface area (Å²) in [6.45, 7) is 8.60. The number of hydrogen-bond donors (Lipinski definition) is 2. The number of hydrogen-bond acceptors (Lipinski definition) is 4. The second kappa shape index (κ2) is 8.07. The Kier molecular flexibility index (Phi) is 6.07. The molecule has 1 fully saturated rings. The molecule has 2 rings (SSSR count). The van der Waals surface area contributed by atoms with Gasteiger partial charge < -0.3 is 25.2 Å². The molecule has 0 aromatic heterocycles. The molecular formula is C18H26N4O4. The van der Waals surface area contributed by atoms with E-state index in [2.05, 4.69) is 10.6 Å². The van der Waals surface area contributed by atoms with E-state index in [1.54, 1.807) is 34.1 Å². The molecule has 0 aliphatic carbocycles. The minimum Gasteiger partial charge on any atom is -0.444 e. The van der Waals surface area contributed by atoms with Crippen LogP contribution in [0.5, 0.6) is 0 Å². The summed E-state index contributed by atoms with van der Waals surface area (Å²) in [6, 6.07) is 6.70. The number of piperazine rings is 1. The highest BCUT2D eigenvalue weighted by Gasteiger charge is 2.27. The van der Waals surface area contributed by atoms with E-state index < -0.39 is 5.60 Å². The summed E-state index contributed by atoms with van der Waals surface area (Å²) in [6.07, 6.45) is -0.361. The molecule has 1 saturated heterocycles. The quantitative estimate of drug-likeness (QED) is 0.846. The van der Waals surface area contributed by atoms with Gasteiger partial charge >= 0.3 is 12.1 Å². The third-order valence-electron chi connectivity index (χ3n) is 3.65. The fourth-order valence-electron chi connectivity index (χ4n) is 2.50. The molecule has 0 bridgehead atoms. The number of urea groups is 1. The van der Waals surface area contributed by atoms with Gasteiger partial charge in [0, 0.05) is 44.5 Å². The van der Waals surface area contributed by atoms with Crippen LogP contribution in [0.25, 0.3) is 0 Å². The number of ether oxygens (including phenoxy) is 1. The smallest absolute Gasteiger partial charge is 0.410 e. The lowest BCUT2D eigenvalue weighted by Gasteiger charge is -2.35. The van der Waals surface area contributed by atoms with Crippen molar-refractivity contribution in [2.24, 2.45) is 0 Å². The first-order valence-electron chi connectivity index (χ1n) is 8.55. The van der Waals surface area contributed by atoms with Crippen LogP contribution in [0.3, 0.4) is 0 Å². The third kappa shape index (κ3) is 5.94. The summed E-state index contributed by atoms with van der Waals surface area (Å²) in [5.74, 6) is -0.174. The maximum atomic E-state index is 12.4. The minimum absolute atomic E-state index is 0.174. The van der Waals surface area contributed by atoms with Crippen LogP contribution in [0.2, 0.25) is 0 Å². The van der Waals surface area contributed by atoms with Crippen molar-refractivity contribution < 1.29 is 19.1 Å². The molecule has 8 nitrogen and oxygen atoms in total. The molecule has 0 spiro atoms. The van der Waals surface area contributed by atoms with E-state index in [0.29, 0.717) is 37.6 Å². The summed E-state index contributed by atoms with van der Waals surface area (Å²) >= 11 is 0. The lowest BCUT2D eigenvalue weighted by molar-refractivity contribution is -0.114. The topological polar surface area (TPSA) is 91.0 Å². The highest BCUT2D eigenvalue weighted by molar-refractivity contribution is 5.92. The Bertz CT molecular complexity index is 676. The molecular weight excluding hydrogens is 336 g/mol. The molecule has 0 radical (unpaired) electrons. The fraction of sp³-hybridized carbons (Fsp3) is 0.500. The van der Waals surface area contributed by atoms with Gasteiger partial charge in [-0.25, -0.2) is 9.59 Å². The lowest BCUT2D eigenvalue weighted by atomic mass is 10.2. The van der Waals surface area contributed by atoms with E-state index in [4.69, 9.17) is 4.74 Å². The van der Waals surface area contributed by atoms with Crippen LogP contribution < -0.4 is 10.6 Å².